The molecule has 9 heteroatoms. The molecule has 1 saturated heterocycles. The van der Waals surface area contributed by atoms with Crippen LogP contribution in [0.15, 0.2) is 42.9 Å². The van der Waals surface area contributed by atoms with E-state index >= 15 is 0 Å². The quantitative estimate of drug-likeness (QED) is 0.530. The summed E-state index contributed by atoms with van der Waals surface area (Å²) in [5.41, 5.74) is 5.56. The van der Waals surface area contributed by atoms with Gasteiger partial charge in [-0.3, -0.25) is 14.6 Å². The van der Waals surface area contributed by atoms with Gasteiger partial charge in [0.05, 0.1) is 11.9 Å². The van der Waals surface area contributed by atoms with E-state index in [0.29, 0.717) is 24.7 Å². The molecule has 0 spiro atoms. The van der Waals surface area contributed by atoms with Crippen LogP contribution in [-0.2, 0) is 22.4 Å². The third kappa shape index (κ3) is 5.40. The molecule has 180 valence electrons. The van der Waals surface area contributed by atoms with Gasteiger partial charge in [0.2, 0.25) is 17.8 Å². The van der Waals surface area contributed by atoms with E-state index in [1.54, 1.807) is 19.3 Å². The molecule has 1 fully saturated rings. The lowest BCUT2D eigenvalue weighted by Crippen LogP contribution is -2.26. The van der Waals surface area contributed by atoms with Crippen molar-refractivity contribution in [1.29, 1.82) is 0 Å². The van der Waals surface area contributed by atoms with Crippen LogP contribution in [0.2, 0.25) is 0 Å². The minimum atomic E-state index is -0.0237. The topological polar surface area (TPSA) is 112 Å². The van der Waals surface area contributed by atoms with Crippen LogP contribution >= 0.6 is 0 Å². The Hall–Kier alpha value is -4.01. The van der Waals surface area contributed by atoms with Crippen LogP contribution in [0.4, 0.5) is 28.8 Å². The second-order valence-electron chi connectivity index (χ2n) is 9.30. The minimum Gasteiger partial charge on any atom is -0.343 e. The van der Waals surface area contributed by atoms with Gasteiger partial charge in [-0.2, -0.15) is 4.98 Å². The molecule has 2 aliphatic heterocycles. The number of nitrogens with one attached hydrogen (secondary N) is 3. The first kappa shape index (κ1) is 22.8. The van der Waals surface area contributed by atoms with E-state index in [-0.39, 0.29) is 17.7 Å². The first-order chi connectivity index (χ1) is 16.9. The Bertz CT molecular complexity index is 1280. The van der Waals surface area contributed by atoms with E-state index in [1.165, 1.54) is 0 Å². The molecule has 0 radical (unpaired) electrons. The van der Waals surface area contributed by atoms with E-state index in [1.807, 2.05) is 36.2 Å². The zero-order chi connectivity index (χ0) is 24.4. The first-order valence-corrected chi connectivity index (χ1v) is 11.9. The summed E-state index contributed by atoms with van der Waals surface area (Å²) >= 11 is 0. The summed E-state index contributed by atoms with van der Waals surface area (Å²) in [6.45, 7) is 4.91. The summed E-state index contributed by atoms with van der Waals surface area (Å²) < 4.78 is 0. The zero-order valence-electron chi connectivity index (χ0n) is 20.0. The maximum Gasteiger partial charge on any atom is 0.229 e. The number of carbonyl (C=O) groups excluding carboxylic acids is 2. The minimum absolute atomic E-state index is 0.0237. The number of pyridine rings is 1. The zero-order valence-corrected chi connectivity index (χ0v) is 20.0. The van der Waals surface area contributed by atoms with Crippen molar-refractivity contribution in [3.8, 4) is 0 Å². The van der Waals surface area contributed by atoms with Crippen LogP contribution in [0, 0.1) is 12.8 Å². The number of aromatic nitrogens is 3. The number of nitrogens with zero attached hydrogens (tertiary/aromatic N) is 4. The summed E-state index contributed by atoms with van der Waals surface area (Å²) in [6.07, 6.45) is 8.15. The van der Waals surface area contributed by atoms with E-state index < -0.39 is 0 Å². The number of rotatable bonds is 3. The average molecular weight is 472 g/mol. The van der Waals surface area contributed by atoms with Crippen molar-refractivity contribution in [2.45, 2.75) is 39.5 Å². The number of hydrogen-bond acceptors (Lipinski definition) is 7. The van der Waals surface area contributed by atoms with Gasteiger partial charge in [0.15, 0.2) is 0 Å². The molecular weight excluding hydrogens is 442 g/mol. The number of hydrogen-bond donors (Lipinski definition) is 3. The van der Waals surface area contributed by atoms with Gasteiger partial charge in [-0.1, -0.05) is 0 Å². The van der Waals surface area contributed by atoms with Crippen LogP contribution in [-0.4, -0.2) is 44.8 Å². The highest BCUT2D eigenvalue weighted by Gasteiger charge is 2.26. The number of anilines is 5. The Morgan fingerprint density at radius 1 is 1.11 bits per heavy atom. The van der Waals surface area contributed by atoms with Crippen LogP contribution in [0.5, 0.6) is 0 Å². The van der Waals surface area contributed by atoms with Gasteiger partial charge >= 0.3 is 0 Å². The molecule has 1 atom stereocenters. The highest BCUT2D eigenvalue weighted by molar-refractivity contribution is 5.92. The summed E-state index contributed by atoms with van der Waals surface area (Å²) in [4.78, 5) is 39.7. The standard InChI is InChI=1S/C26H29N7O2/c1-16-12-28-26-30-22-9-18(13-27-14-22)3-4-20-11-21(29-25(16)32-26)5-6-23(20)31-24(35)10-19-7-8-33(15-19)17(2)34/h5-6,9,11-14,19H,3-4,7-8,10,15H2,1-2H3,(H,31,35)(H2,28,29,30,32). The number of carbonyl (C=O) groups is 2. The lowest BCUT2D eigenvalue weighted by Gasteiger charge is -2.16. The Kier molecular flexibility index (Phi) is 6.31. The fourth-order valence-electron chi connectivity index (χ4n) is 4.62. The van der Waals surface area contributed by atoms with Crippen molar-refractivity contribution in [1.82, 2.24) is 19.9 Å². The molecule has 3 N–H and O–H groups in total. The number of fused-ring (bicyclic) bond motifs is 6. The molecule has 4 heterocycles. The van der Waals surface area contributed by atoms with Crippen LogP contribution in [0.25, 0.3) is 0 Å². The van der Waals surface area contributed by atoms with E-state index in [9.17, 15) is 9.59 Å². The molecule has 2 aliphatic rings. The van der Waals surface area contributed by atoms with Gasteiger partial charge in [-0.05, 0) is 67.5 Å². The average Bonchev–Trinajstić information content (AvgIpc) is 3.30. The third-order valence-electron chi connectivity index (χ3n) is 6.55. The lowest BCUT2D eigenvalue weighted by atomic mass is 10.0. The Labute approximate surface area is 204 Å². The van der Waals surface area contributed by atoms with Crippen LogP contribution in [0.3, 0.4) is 0 Å². The maximum absolute atomic E-state index is 12.9. The number of aryl methyl sites for hydroxylation is 3. The second-order valence-corrected chi connectivity index (χ2v) is 9.30. The number of amides is 2. The van der Waals surface area contributed by atoms with E-state index in [0.717, 1.165) is 59.6 Å². The molecule has 3 aromatic rings. The molecule has 0 aliphatic carbocycles. The SMILES string of the molecule is CC(=O)N1CCC(CC(=O)Nc2ccc3cc2CCc2cncc(c2)Nc2ncc(C)c(n2)N3)C1. The Morgan fingerprint density at radius 3 is 2.83 bits per heavy atom. The van der Waals surface area contributed by atoms with Gasteiger partial charge in [0, 0.05) is 55.8 Å². The third-order valence-corrected chi connectivity index (χ3v) is 6.55. The molecule has 1 unspecified atom stereocenters. The highest BCUT2D eigenvalue weighted by Crippen LogP contribution is 2.28. The molecule has 2 aromatic heterocycles. The number of likely N-dealkylation sites (tertiary alicyclic amines) is 1. The van der Waals surface area contributed by atoms with Crippen molar-refractivity contribution in [2.75, 3.05) is 29.0 Å². The van der Waals surface area contributed by atoms with Crippen molar-refractivity contribution >= 4 is 40.6 Å². The van der Waals surface area contributed by atoms with Crippen molar-refractivity contribution < 1.29 is 9.59 Å². The van der Waals surface area contributed by atoms with Gasteiger partial charge in [0.25, 0.3) is 0 Å². The fraction of sp³-hybridized carbons (Fsp3) is 0.346. The predicted octanol–water partition coefficient (Wildman–Crippen LogP) is 3.96. The Balaban J connectivity index is 1.39. The molecule has 6 bridgehead atoms. The van der Waals surface area contributed by atoms with E-state index in [2.05, 4.69) is 37.0 Å². The largest absolute Gasteiger partial charge is 0.343 e. The fourth-order valence-corrected chi connectivity index (χ4v) is 4.62. The predicted molar refractivity (Wildman–Crippen MR) is 135 cm³/mol. The lowest BCUT2D eigenvalue weighted by molar-refractivity contribution is -0.128. The molecule has 1 aromatic carbocycles. The molecule has 35 heavy (non-hydrogen) atoms. The summed E-state index contributed by atoms with van der Waals surface area (Å²) in [5, 5.41) is 9.75. The van der Waals surface area contributed by atoms with Gasteiger partial charge < -0.3 is 20.9 Å². The Morgan fingerprint density at radius 2 is 2.00 bits per heavy atom. The van der Waals surface area contributed by atoms with Crippen LogP contribution < -0.4 is 16.0 Å². The van der Waals surface area contributed by atoms with Crippen LogP contribution in [0.1, 0.15) is 36.5 Å². The molecular formula is C26H29N7O2. The van der Waals surface area contributed by atoms with E-state index in [4.69, 9.17) is 0 Å². The van der Waals surface area contributed by atoms with Gasteiger partial charge in [-0.25, -0.2) is 4.98 Å². The molecule has 5 rings (SSSR count). The van der Waals surface area contributed by atoms with Gasteiger partial charge in [0.1, 0.15) is 5.82 Å². The monoisotopic (exact) mass is 471 g/mol. The highest BCUT2D eigenvalue weighted by atomic mass is 16.2. The maximum atomic E-state index is 12.9. The van der Waals surface area contributed by atoms with Crippen molar-refractivity contribution in [3.05, 3.63) is 59.5 Å². The first-order valence-electron chi connectivity index (χ1n) is 11.9. The summed E-state index contributed by atoms with van der Waals surface area (Å²) in [6, 6.07) is 7.99. The number of benzene rings is 1. The molecule has 0 saturated carbocycles. The summed E-state index contributed by atoms with van der Waals surface area (Å²) in [7, 11) is 0. The summed E-state index contributed by atoms with van der Waals surface area (Å²) in [5.74, 6) is 1.45. The smallest absolute Gasteiger partial charge is 0.229 e. The van der Waals surface area contributed by atoms with Crippen molar-refractivity contribution in [3.63, 3.8) is 0 Å². The normalized spacial score (nSPS) is 16.7. The van der Waals surface area contributed by atoms with Gasteiger partial charge in [-0.15, -0.1) is 0 Å². The van der Waals surface area contributed by atoms with Crippen molar-refractivity contribution in [2.24, 2.45) is 5.92 Å². The molecule has 9 nitrogen and oxygen atoms in total. The molecule has 2 amide bonds. The second kappa shape index (κ2) is 9.69.